The Morgan fingerprint density at radius 3 is 2.77 bits per heavy atom. The van der Waals surface area contributed by atoms with Crippen molar-refractivity contribution in [2.45, 2.75) is 45.8 Å². The quantitative estimate of drug-likeness (QED) is 0.501. The van der Waals surface area contributed by atoms with Crippen molar-refractivity contribution in [2.75, 3.05) is 26.7 Å². The van der Waals surface area contributed by atoms with Crippen molar-refractivity contribution >= 4 is 17.7 Å². The van der Waals surface area contributed by atoms with E-state index < -0.39 is 6.09 Å². The Kier molecular flexibility index (Phi) is 6.78. The Morgan fingerprint density at radius 2 is 2.16 bits per heavy atom. The number of carbonyl (C=O) groups is 2. The normalized spacial score (nSPS) is 22.7. The summed E-state index contributed by atoms with van der Waals surface area (Å²) in [5.41, 5.74) is 3.28. The van der Waals surface area contributed by atoms with Crippen LogP contribution < -0.4 is 14.9 Å². The summed E-state index contributed by atoms with van der Waals surface area (Å²) in [6.45, 7) is 6.74. The maximum absolute atomic E-state index is 12.6. The Morgan fingerprint density at radius 1 is 1.42 bits per heavy atom. The van der Waals surface area contributed by atoms with E-state index in [1.807, 2.05) is 42.9 Å². The number of carboxylic acid groups (broad SMARTS) is 1. The molecule has 0 aliphatic carbocycles. The Bertz CT molecular complexity index is 959. The molecule has 168 valence electrons. The number of nitrogens with one attached hydrogen (secondary N) is 1. The molecule has 0 radical (unpaired) electrons. The van der Waals surface area contributed by atoms with Crippen molar-refractivity contribution in [1.82, 2.24) is 24.3 Å². The molecule has 2 heterocycles. The number of aliphatic hydroxyl groups is 1. The third kappa shape index (κ3) is 4.21. The van der Waals surface area contributed by atoms with Crippen LogP contribution in [0.15, 0.2) is 30.7 Å². The highest BCUT2D eigenvalue weighted by atomic mass is 16.4. The molecule has 3 rings (SSSR count). The van der Waals surface area contributed by atoms with E-state index in [0.717, 1.165) is 22.6 Å². The second kappa shape index (κ2) is 9.17. The molecule has 1 aliphatic heterocycles. The fourth-order valence-corrected chi connectivity index (χ4v) is 4.43. The molecule has 9 heteroatoms. The highest BCUT2D eigenvalue weighted by molar-refractivity contribution is 5.88. The number of quaternary nitrogens is 1. The SMILES string of the molecule is CCN(C(=O)[O-])C1C[C@H](C)[N@+](C)(C(C)=O)c2ccc(-n3cnc(CNCCO)c3)cc21. The van der Waals surface area contributed by atoms with Crippen molar-refractivity contribution in [1.29, 1.82) is 0 Å². The molecule has 0 saturated heterocycles. The number of imidazole rings is 1. The van der Waals surface area contributed by atoms with E-state index >= 15 is 0 Å². The molecule has 0 fully saturated rings. The minimum atomic E-state index is -1.21. The molecule has 9 nitrogen and oxygen atoms in total. The summed E-state index contributed by atoms with van der Waals surface area (Å²) in [5.74, 6) is 0.0105. The Balaban J connectivity index is 2.06. The fourth-order valence-electron chi connectivity index (χ4n) is 4.43. The fraction of sp³-hybridized carbons (Fsp3) is 0.500. The van der Waals surface area contributed by atoms with Crippen LogP contribution >= 0.6 is 0 Å². The topological polar surface area (TPSA) is 111 Å². The second-order valence-corrected chi connectivity index (χ2v) is 8.16. The van der Waals surface area contributed by atoms with Crippen LogP contribution in [-0.2, 0) is 11.3 Å². The zero-order valence-corrected chi connectivity index (χ0v) is 18.5. The molecule has 31 heavy (non-hydrogen) atoms. The monoisotopic (exact) mass is 429 g/mol. The lowest BCUT2D eigenvalue weighted by atomic mass is 9.88. The van der Waals surface area contributed by atoms with E-state index in [1.165, 1.54) is 4.90 Å². The molecule has 1 aromatic carbocycles. The number of amides is 2. The summed E-state index contributed by atoms with van der Waals surface area (Å²) in [5, 5.41) is 23.8. The number of rotatable bonds is 7. The number of carbonyl (C=O) groups excluding carboxylic acids is 2. The lowest BCUT2D eigenvalue weighted by Gasteiger charge is -2.46. The average Bonchev–Trinajstić information content (AvgIpc) is 3.20. The maximum Gasteiger partial charge on any atom is 0.315 e. The minimum absolute atomic E-state index is 0.0105. The Hall–Kier alpha value is -2.75. The van der Waals surface area contributed by atoms with Crippen molar-refractivity contribution in [3.8, 4) is 5.69 Å². The standard InChI is InChI=1S/C22H31N5O4/c1-5-26(22(30)31)20-10-15(2)27(4,16(3)29)21-7-6-18(11-19(20)21)25-13-17(24-14-25)12-23-8-9-28/h6-7,11,13-15,20,23,28H,5,8-10,12H2,1-4H3/t15-,20?,27+/m0/s1. The van der Waals surface area contributed by atoms with Crippen LogP contribution in [0.3, 0.4) is 0 Å². The van der Waals surface area contributed by atoms with Crippen molar-refractivity contribution in [3.63, 3.8) is 0 Å². The van der Waals surface area contributed by atoms with Crippen molar-refractivity contribution in [3.05, 3.63) is 42.0 Å². The van der Waals surface area contributed by atoms with Crippen molar-refractivity contribution < 1.29 is 19.8 Å². The van der Waals surface area contributed by atoms with Crippen LogP contribution in [0, 0.1) is 0 Å². The van der Waals surface area contributed by atoms with Gasteiger partial charge >= 0.3 is 5.91 Å². The number of hydrogen-bond acceptors (Lipinski definition) is 6. The third-order valence-corrected chi connectivity index (χ3v) is 6.45. The van der Waals surface area contributed by atoms with Crippen LogP contribution in [0.1, 0.15) is 44.5 Å². The Labute approximate surface area is 182 Å². The van der Waals surface area contributed by atoms with Gasteiger partial charge in [0.05, 0.1) is 44.7 Å². The molecule has 2 amide bonds. The summed E-state index contributed by atoms with van der Waals surface area (Å²) >= 11 is 0. The zero-order valence-electron chi connectivity index (χ0n) is 18.5. The molecule has 1 unspecified atom stereocenters. The molecule has 2 N–H and O–H groups in total. The molecular weight excluding hydrogens is 398 g/mol. The van der Waals surface area contributed by atoms with Crippen LogP contribution in [0.25, 0.3) is 5.69 Å². The van der Waals surface area contributed by atoms with E-state index in [2.05, 4.69) is 10.3 Å². The molecule has 1 aliphatic rings. The average molecular weight is 430 g/mol. The largest absolute Gasteiger partial charge is 0.530 e. The number of aromatic nitrogens is 2. The first kappa shape index (κ1) is 22.9. The number of benzene rings is 1. The number of hydrogen-bond donors (Lipinski definition) is 2. The van der Waals surface area contributed by atoms with Gasteiger partial charge in [-0.1, -0.05) is 0 Å². The van der Waals surface area contributed by atoms with E-state index in [9.17, 15) is 14.7 Å². The van der Waals surface area contributed by atoms with Gasteiger partial charge in [0.2, 0.25) is 0 Å². The predicted molar refractivity (Wildman–Crippen MR) is 115 cm³/mol. The molecule has 0 bridgehead atoms. The zero-order chi connectivity index (χ0) is 22.8. The highest BCUT2D eigenvalue weighted by Crippen LogP contribution is 2.44. The van der Waals surface area contributed by atoms with Gasteiger partial charge in [-0.15, -0.1) is 0 Å². The van der Waals surface area contributed by atoms with Crippen LogP contribution in [-0.4, -0.2) is 64.3 Å². The van der Waals surface area contributed by atoms with E-state index in [0.29, 0.717) is 26.1 Å². The first-order valence-electron chi connectivity index (χ1n) is 10.6. The molecular formula is C22H31N5O4. The predicted octanol–water partition coefficient (Wildman–Crippen LogP) is 0.936. The highest BCUT2D eigenvalue weighted by Gasteiger charge is 2.47. The molecule has 3 atom stereocenters. The smallest absolute Gasteiger partial charge is 0.315 e. The third-order valence-electron chi connectivity index (χ3n) is 6.45. The van der Waals surface area contributed by atoms with Gasteiger partial charge in [-0.25, -0.2) is 14.3 Å². The first-order chi connectivity index (χ1) is 14.7. The molecule has 2 aromatic rings. The van der Waals surface area contributed by atoms with Crippen molar-refractivity contribution in [2.24, 2.45) is 0 Å². The van der Waals surface area contributed by atoms with Gasteiger partial charge in [0.25, 0.3) is 0 Å². The molecule has 1 aromatic heterocycles. The van der Waals surface area contributed by atoms with Gasteiger partial charge in [-0.3, -0.25) is 0 Å². The van der Waals surface area contributed by atoms with Gasteiger partial charge in [-0.05, 0) is 26.0 Å². The summed E-state index contributed by atoms with van der Waals surface area (Å²) < 4.78 is 2.00. The van der Waals surface area contributed by atoms with Crippen LogP contribution in [0.4, 0.5) is 10.5 Å². The lowest BCUT2D eigenvalue weighted by Crippen LogP contribution is -2.60. The van der Waals surface area contributed by atoms with Crippen LogP contribution in [0.2, 0.25) is 0 Å². The van der Waals surface area contributed by atoms with E-state index in [-0.39, 0.29) is 29.1 Å². The molecule has 0 saturated carbocycles. The van der Waals surface area contributed by atoms with Gasteiger partial charge in [0, 0.05) is 49.6 Å². The van der Waals surface area contributed by atoms with Gasteiger partial charge in [0.1, 0.15) is 11.8 Å². The number of aliphatic hydroxyl groups excluding tert-OH is 1. The summed E-state index contributed by atoms with van der Waals surface area (Å²) in [6.07, 6.45) is 2.90. The van der Waals surface area contributed by atoms with Gasteiger partial charge in [0.15, 0.2) is 0 Å². The van der Waals surface area contributed by atoms with E-state index in [1.54, 1.807) is 20.2 Å². The lowest BCUT2D eigenvalue weighted by molar-refractivity contribution is -0.268. The summed E-state index contributed by atoms with van der Waals surface area (Å²) in [7, 11) is 1.89. The van der Waals surface area contributed by atoms with Gasteiger partial charge < -0.3 is 29.8 Å². The van der Waals surface area contributed by atoms with Gasteiger partial charge in [-0.2, -0.15) is 0 Å². The minimum Gasteiger partial charge on any atom is -0.530 e. The summed E-state index contributed by atoms with van der Waals surface area (Å²) in [6, 6.07) is 5.33. The number of nitrogens with zero attached hydrogens (tertiary/aromatic N) is 4. The van der Waals surface area contributed by atoms with Crippen LogP contribution in [0.5, 0.6) is 0 Å². The van der Waals surface area contributed by atoms with E-state index in [4.69, 9.17) is 5.11 Å². The second-order valence-electron chi connectivity index (χ2n) is 8.16. The number of fused-ring (bicyclic) bond motifs is 1. The summed E-state index contributed by atoms with van der Waals surface area (Å²) in [4.78, 5) is 30.2. The molecule has 0 spiro atoms. The maximum atomic E-state index is 12.6. The first-order valence-corrected chi connectivity index (χ1v) is 10.6.